The van der Waals surface area contributed by atoms with Gasteiger partial charge in [0.1, 0.15) is 6.54 Å². The Balaban J connectivity index is 1.89. The third kappa shape index (κ3) is 5.42. The zero-order valence-corrected chi connectivity index (χ0v) is 19.5. The topological polar surface area (TPSA) is 78.8 Å². The van der Waals surface area contributed by atoms with Crippen molar-refractivity contribution in [1.29, 1.82) is 0 Å². The highest BCUT2D eigenvalue weighted by molar-refractivity contribution is 7.92. The number of anilines is 1. The summed E-state index contributed by atoms with van der Waals surface area (Å²) in [5.74, 6) is -0.537. The standard InChI is InChI=1S/C25H27N3O3S/c1-18-8-12-22(13-9-18)16-26-27-25(29)17-28(24-7-5-6-20(3)21(24)4)32(30,31)23-14-10-19(2)11-15-23/h5-16H,17H2,1-4H3,(H,27,29)/b26-16-. The molecule has 0 aliphatic carbocycles. The van der Waals surface area contributed by atoms with Crippen LogP contribution in [0.5, 0.6) is 0 Å². The van der Waals surface area contributed by atoms with Crippen LogP contribution in [0, 0.1) is 27.7 Å². The van der Waals surface area contributed by atoms with Crippen LogP contribution in [-0.2, 0) is 14.8 Å². The maximum absolute atomic E-state index is 13.5. The molecular weight excluding hydrogens is 422 g/mol. The Bertz CT molecular complexity index is 1230. The molecule has 166 valence electrons. The fraction of sp³-hybridized carbons (Fsp3) is 0.200. The number of hydrazone groups is 1. The lowest BCUT2D eigenvalue weighted by molar-refractivity contribution is -0.119. The van der Waals surface area contributed by atoms with Crippen LogP contribution in [0.3, 0.4) is 0 Å². The smallest absolute Gasteiger partial charge is 0.264 e. The number of benzene rings is 3. The first-order valence-corrected chi connectivity index (χ1v) is 11.7. The highest BCUT2D eigenvalue weighted by Crippen LogP contribution is 2.28. The summed E-state index contributed by atoms with van der Waals surface area (Å²) in [7, 11) is -3.97. The predicted octanol–water partition coefficient (Wildman–Crippen LogP) is 4.27. The molecule has 6 nitrogen and oxygen atoms in total. The minimum atomic E-state index is -3.97. The van der Waals surface area contributed by atoms with Crippen molar-refractivity contribution < 1.29 is 13.2 Å². The van der Waals surface area contributed by atoms with Gasteiger partial charge in [0.2, 0.25) is 0 Å². The Morgan fingerprint density at radius 3 is 2.12 bits per heavy atom. The molecule has 0 aromatic heterocycles. The van der Waals surface area contributed by atoms with Gasteiger partial charge in [-0.15, -0.1) is 0 Å². The van der Waals surface area contributed by atoms with Gasteiger partial charge in [0, 0.05) is 0 Å². The number of hydrogen-bond donors (Lipinski definition) is 1. The average Bonchev–Trinajstić information content (AvgIpc) is 2.76. The van der Waals surface area contributed by atoms with Crippen LogP contribution in [0.1, 0.15) is 27.8 Å². The predicted molar refractivity (Wildman–Crippen MR) is 129 cm³/mol. The number of sulfonamides is 1. The van der Waals surface area contributed by atoms with Crippen molar-refractivity contribution in [2.45, 2.75) is 32.6 Å². The Morgan fingerprint density at radius 1 is 0.906 bits per heavy atom. The highest BCUT2D eigenvalue weighted by Gasteiger charge is 2.28. The molecule has 0 atom stereocenters. The monoisotopic (exact) mass is 449 g/mol. The number of carbonyl (C=O) groups excluding carboxylic acids is 1. The fourth-order valence-corrected chi connectivity index (χ4v) is 4.62. The Morgan fingerprint density at radius 2 is 1.50 bits per heavy atom. The largest absolute Gasteiger partial charge is 0.271 e. The van der Waals surface area contributed by atoms with Crippen molar-refractivity contribution in [3.63, 3.8) is 0 Å². The van der Waals surface area contributed by atoms with Gasteiger partial charge >= 0.3 is 0 Å². The van der Waals surface area contributed by atoms with Crippen molar-refractivity contribution in [3.05, 3.63) is 94.5 Å². The van der Waals surface area contributed by atoms with E-state index >= 15 is 0 Å². The molecule has 0 radical (unpaired) electrons. The summed E-state index contributed by atoms with van der Waals surface area (Å²) in [4.78, 5) is 12.8. The van der Waals surface area contributed by atoms with Crippen molar-refractivity contribution in [1.82, 2.24) is 5.43 Å². The normalized spacial score (nSPS) is 11.5. The van der Waals surface area contributed by atoms with Gasteiger partial charge in [-0.1, -0.05) is 59.7 Å². The molecule has 3 rings (SSSR count). The van der Waals surface area contributed by atoms with E-state index in [0.29, 0.717) is 5.69 Å². The van der Waals surface area contributed by atoms with Crippen LogP contribution in [0.4, 0.5) is 5.69 Å². The van der Waals surface area contributed by atoms with E-state index in [1.165, 1.54) is 6.21 Å². The maximum atomic E-state index is 13.5. The minimum Gasteiger partial charge on any atom is -0.271 e. The Hall–Kier alpha value is -3.45. The van der Waals surface area contributed by atoms with Gasteiger partial charge in [0.15, 0.2) is 0 Å². The number of nitrogens with one attached hydrogen (secondary N) is 1. The van der Waals surface area contributed by atoms with Gasteiger partial charge in [-0.2, -0.15) is 5.10 Å². The summed E-state index contributed by atoms with van der Waals surface area (Å²) in [6, 6.07) is 19.6. The molecule has 0 fully saturated rings. The van der Waals surface area contributed by atoms with Crippen LogP contribution in [-0.4, -0.2) is 27.1 Å². The van der Waals surface area contributed by atoms with Gasteiger partial charge in [-0.3, -0.25) is 9.10 Å². The summed E-state index contributed by atoms with van der Waals surface area (Å²) in [5.41, 5.74) is 7.52. The van der Waals surface area contributed by atoms with Crippen LogP contribution in [0.2, 0.25) is 0 Å². The van der Waals surface area contributed by atoms with E-state index in [0.717, 1.165) is 32.1 Å². The third-order valence-electron chi connectivity index (χ3n) is 5.22. The van der Waals surface area contributed by atoms with E-state index in [9.17, 15) is 13.2 Å². The highest BCUT2D eigenvalue weighted by atomic mass is 32.2. The molecule has 0 bridgehead atoms. The molecule has 7 heteroatoms. The Labute approximate surface area is 189 Å². The van der Waals surface area contributed by atoms with E-state index in [1.807, 2.05) is 58.0 Å². The first-order valence-electron chi connectivity index (χ1n) is 10.2. The molecule has 0 spiro atoms. The molecule has 0 saturated heterocycles. The molecule has 0 aliphatic heterocycles. The SMILES string of the molecule is Cc1ccc(/C=N\NC(=O)CN(c2cccc(C)c2C)S(=O)(=O)c2ccc(C)cc2)cc1. The summed E-state index contributed by atoms with van der Waals surface area (Å²) >= 11 is 0. The molecular formula is C25H27N3O3S. The van der Waals surface area contributed by atoms with Gasteiger partial charge in [0.25, 0.3) is 15.9 Å². The van der Waals surface area contributed by atoms with E-state index in [2.05, 4.69) is 10.5 Å². The molecule has 3 aromatic rings. The van der Waals surface area contributed by atoms with Crippen LogP contribution in [0.25, 0.3) is 0 Å². The second-order valence-corrected chi connectivity index (χ2v) is 9.61. The van der Waals surface area contributed by atoms with Crippen molar-refractivity contribution in [2.24, 2.45) is 5.10 Å². The number of carbonyl (C=O) groups is 1. The lowest BCUT2D eigenvalue weighted by atomic mass is 10.1. The van der Waals surface area contributed by atoms with Crippen molar-refractivity contribution >= 4 is 27.8 Å². The van der Waals surface area contributed by atoms with Gasteiger partial charge in [0.05, 0.1) is 16.8 Å². The molecule has 0 saturated carbocycles. The van der Waals surface area contributed by atoms with E-state index in [1.54, 1.807) is 36.4 Å². The van der Waals surface area contributed by atoms with E-state index in [-0.39, 0.29) is 4.90 Å². The summed E-state index contributed by atoms with van der Waals surface area (Å²) < 4.78 is 28.1. The lowest BCUT2D eigenvalue weighted by Crippen LogP contribution is -2.40. The molecule has 1 amide bonds. The first kappa shape index (κ1) is 23.2. The molecule has 1 N–H and O–H groups in total. The quantitative estimate of drug-likeness (QED) is 0.432. The van der Waals surface area contributed by atoms with Gasteiger partial charge in [-0.05, 0) is 62.6 Å². The first-order chi connectivity index (χ1) is 15.2. The molecule has 0 heterocycles. The number of amides is 1. The number of rotatable bonds is 7. The fourth-order valence-electron chi connectivity index (χ4n) is 3.14. The maximum Gasteiger partial charge on any atom is 0.264 e. The second kappa shape index (κ2) is 9.78. The second-order valence-electron chi connectivity index (χ2n) is 7.75. The van der Waals surface area contributed by atoms with Gasteiger partial charge < -0.3 is 0 Å². The summed E-state index contributed by atoms with van der Waals surface area (Å²) in [6.07, 6.45) is 1.52. The molecule has 3 aromatic carbocycles. The average molecular weight is 450 g/mol. The van der Waals surface area contributed by atoms with Crippen LogP contribution < -0.4 is 9.73 Å². The van der Waals surface area contributed by atoms with Crippen LogP contribution >= 0.6 is 0 Å². The lowest BCUT2D eigenvalue weighted by Gasteiger charge is -2.26. The summed E-state index contributed by atoms with van der Waals surface area (Å²) in [5, 5.41) is 3.98. The van der Waals surface area contributed by atoms with Crippen molar-refractivity contribution in [3.8, 4) is 0 Å². The zero-order valence-electron chi connectivity index (χ0n) is 18.7. The van der Waals surface area contributed by atoms with E-state index in [4.69, 9.17) is 0 Å². The minimum absolute atomic E-state index is 0.125. The van der Waals surface area contributed by atoms with Crippen molar-refractivity contribution in [2.75, 3.05) is 10.8 Å². The molecule has 32 heavy (non-hydrogen) atoms. The van der Waals surface area contributed by atoms with Crippen LogP contribution in [0.15, 0.2) is 76.7 Å². The third-order valence-corrected chi connectivity index (χ3v) is 7.00. The molecule has 0 unspecified atom stereocenters. The number of aryl methyl sites for hydroxylation is 3. The summed E-state index contributed by atoms with van der Waals surface area (Å²) in [6.45, 7) is 7.22. The molecule has 0 aliphatic rings. The Kier molecular flexibility index (Phi) is 7.10. The van der Waals surface area contributed by atoms with Gasteiger partial charge in [-0.25, -0.2) is 13.8 Å². The van der Waals surface area contributed by atoms with E-state index < -0.39 is 22.5 Å². The number of nitrogens with zero attached hydrogens (tertiary/aromatic N) is 2. The number of hydrogen-bond acceptors (Lipinski definition) is 4. The zero-order chi connectivity index (χ0) is 23.3.